The summed E-state index contributed by atoms with van der Waals surface area (Å²) in [5.74, 6) is -7.61. The maximum atomic E-state index is 14.2. The van der Waals surface area contributed by atoms with Crippen LogP contribution in [0.5, 0.6) is 5.75 Å². The molecule has 0 bridgehead atoms. The lowest BCUT2D eigenvalue weighted by atomic mass is 9.97. The van der Waals surface area contributed by atoms with Gasteiger partial charge in [-0.3, -0.25) is 19.2 Å². The average molecular weight is 559 g/mol. The number of rotatable bonds is 6. The molecule has 1 spiro atoms. The maximum Gasteiger partial charge on any atom is 0.471 e. The second-order valence-electron chi connectivity index (χ2n) is 9.91. The van der Waals surface area contributed by atoms with E-state index in [9.17, 15) is 46.4 Å². The van der Waals surface area contributed by atoms with Gasteiger partial charge in [0.15, 0.2) is 11.6 Å². The first-order chi connectivity index (χ1) is 18.0. The third-order valence-corrected chi connectivity index (χ3v) is 6.50. The number of nitrogens with zero attached hydrogens (tertiary/aromatic N) is 3. The molecule has 2 heterocycles. The van der Waals surface area contributed by atoms with E-state index in [1.165, 1.54) is 7.05 Å². The van der Waals surface area contributed by atoms with Crippen molar-refractivity contribution in [1.29, 1.82) is 5.26 Å². The molecular weight excluding hydrogens is 533 g/mol. The van der Waals surface area contributed by atoms with Crippen molar-refractivity contribution in [2.75, 3.05) is 18.9 Å². The van der Waals surface area contributed by atoms with Gasteiger partial charge >= 0.3 is 12.1 Å². The van der Waals surface area contributed by atoms with Crippen LogP contribution in [0.2, 0.25) is 0 Å². The van der Waals surface area contributed by atoms with Crippen molar-refractivity contribution < 1.29 is 45.9 Å². The standard InChI is InChI=1S/C24H26F5N5O5/c1-11(2)5-16(33(4)19(35)12(3)31-22(38)24(27,28)29)20(36)34-10-23(8-14(34)9-30)21(37)32-18-15(26)6-13(25)7-17(18)39-23/h6-7,11-12,14,16H,5,8,10H2,1-4H3,(H,31,38)(H,32,37)/t12-,14?,16-,23+/m0/s1. The largest absolute Gasteiger partial charge is 0.473 e. The quantitative estimate of drug-likeness (QED) is 0.514. The molecule has 1 unspecified atom stereocenters. The fourth-order valence-electron chi connectivity index (χ4n) is 4.56. The van der Waals surface area contributed by atoms with E-state index in [0.29, 0.717) is 6.07 Å². The van der Waals surface area contributed by atoms with Crippen LogP contribution in [0.15, 0.2) is 12.1 Å². The second kappa shape index (κ2) is 10.7. The van der Waals surface area contributed by atoms with Crippen LogP contribution >= 0.6 is 0 Å². The summed E-state index contributed by atoms with van der Waals surface area (Å²) in [4.78, 5) is 52.7. The first-order valence-electron chi connectivity index (χ1n) is 11.8. The van der Waals surface area contributed by atoms with Gasteiger partial charge in [0.05, 0.1) is 12.6 Å². The Labute approximate surface area is 220 Å². The number of hydrogen-bond donors (Lipinski definition) is 2. The number of amides is 4. The molecule has 1 aromatic rings. The molecule has 0 aliphatic carbocycles. The van der Waals surface area contributed by atoms with Crippen LogP contribution in [0.4, 0.5) is 27.6 Å². The molecule has 0 aromatic heterocycles. The van der Waals surface area contributed by atoms with Gasteiger partial charge in [-0.15, -0.1) is 0 Å². The summed E-state index contributed by atoms with van der Waals surface area (Å²) in [5.41, 5.74) is -2.27. The lowest BCUT2D eigenvalue weighted by Gasteiger charge is -2.36. The summed E-state index contributed by atoms with van der Waals surface area (Å²) < 4.78 is 71.6. The van der Waals surface area contributed by atoms with E-state index in [1.54, 1.807) is 19.2 Å². The number of hydrogen-bond acceptors (Lipinski definition) is 6. The predicted molar refractivity (Wildman–Crippen MR) is 124 cm³/mol. The van der Waals surface area contributed by atoms with Crippen molar-refractivity contribution >= 4 is 29.3 Å². The van der Waals surface area contributed by atoms with Gasteiger partial charge in [0.1, 0.15) is 29.6 Å². The molecule has 0 radical (unpaired) electrons. The first kappa shape index (κ1) is 29.6. The molecule has 1 fully saturated rings. The Hall–Kier alpha value is -3.96. The molecule has 4 amide bonds. The Balaban J connectivity index is 1.88. The normalized spacial score (nSPS) is 21.9. The number of ether oxygens (including phenoxy) is 1. The van der Waals surface area contributed by atoms with E-state index < -0.39 is 77.4 Å². The van der Waals surface area contributed by atoms with Crippen LogP contribution in [0.3, 0.4) is 0 Å². The van der Waals surface area contributed by atoms with Crippen LogP contribution in [0.25, 0.3) is 0 Å². The van der Waals surface area contributed by atoms with Gasteiger partial charge in [-0.2, -0.15) is 18.4 Å². The number of alkyl halides is 3. The van der Waals surface area contributed by atoms with Crippen molar-refractivity contribution in [3.63, 3.8) is 0 Å². The molecular formula is C24H26F5N5O5. The van der Waals surface area contributed by atoms with Gasteiger partial charge in [0.25, 0.3) is 5.91 Å². The molecule has 1 saturated heterocycles. The fraction of sp³-hybridized carbons (Fsp3) is 0.542. The van der Waals surface area contributed by atoms with E-state index in [2.05, 4.69) is 5.32 Å². The Kier molecular flexibility index (Phi) is 8.09. The van der Waals surface area contributed by atoms with Crippen LogP contribution in [-0.2, 0) is 19.2 Å². The molecule has 4 atom stereocenters. The zero-order valence-electron chi connectivity index (χ0n) is 21.4. The molecule has 2 N–H and O–H groups in total. The number of carbonyl (C=O) groups is 4. The Morgan fingerprint density at radius 1 is 1.28 bits per heavy atom. The Morgan fingerprint density at radius 2 is 1.92 bits per heavy atom. The van der Waals surface area contributed by atoms with Crippen LogP contribution in [-0.4, -0.2) is 76.9 Å². The summed E-state index contributed by atoms with van der Waals surface area (Å²) in [7, 11) is 1.17. The van der Waals surface area contributed by atoms with Crippen molar-refractivity contribution in [2.45, 2.75) is 63.5 Å². The van der Waals surface area contributed by atoms with E-state index in [1.807, 2.05) is 6.07 Å². The van der Waals surface area contributed by atoms with E-state index in [4.69, 9.17) is 4.74 Å². The van der Waals surface area contributed by atoms with Crippen molar-refractivity contribution in [3.05, 3.63) is 23.8 Å². The number of fused-ring (bicyclic) bond motifs is 1. The molecule has 10 nitrogen and oxygen atoms in total. The minimum atomic E-state index is -5.23. The molecule has 212 valence electrons. The highest BCUT2D eigenvalue weighted by atomic mass is 19.4. The molecule has 2 aliphatic rings. The summed E-state index contributed by atoms with van der Waals surface area (Å²) >= 11 is 0. The molecule has 3 rings (SSSR count). The van der Waals surface area contributed by atoms with E-state index in [0.717, 1.165) is 22.8 Å². The highest BCUT2D eigenvalue weighted by Crippen LogP contribution is 2.42. The summed E-state index contributed by atoms with van der Waals surface area (Å²) in [5, 5.41) is 13.6. The smallest absolute Gasteiger partial charge is 0.471 e. The van der Waals surface area contributed by atoms with Crippen molar-refractivity contribution in [2.24, 2.45) is 5.92 Å². The van der Waals surface area contributed by atoms with Gasteiger partial charge in [-0.1, -0.05) is 13.8 Å². The molecule has 2 aliphatic heterocycles. The number of likely N-dealkylation sites (tertiary alicyclic amines) is 1. The van der Waals surface area contributed by atoms with Gasteiger partial charge in [0.2, 0.25) is 17.4 Å². The summed E-state index contributed by atoms with van der Waals surface area (Å²) in [6, 6.07) is -0.901. The Morgan fingerprint density at radius 3 is 2.49 bits per heavy atom. The van der Waals surface area contributed by atoms with Crippen LogP contribution in [0, 0.1) is 28.9 Å². The first-order valence-corrected chi connectivity index (χ1v) is 11.8. The number of benzene rings is 1. The Bertz CT molecular complexity index is 1230. The van der Waals surface area contributed by atoms with Crippen molar-refractivity contribution in [1.82, 2.24) is 15.1 Å². The number of nitriles is 1. The molecule has 1 aromatic carbocycles. The number of carbonyl (C=O) groups excluding carboxylic acids is 4. The third-order valence-electron chi connectivity index (χ3n) is 6.50. The minimum Gasteiger partial charge on any atom is -0.473 e. The lowest BCUT2D eigenvalue weighted by molar-refractivity contribution is -0.175. The van der Waals surface area contributed by atoms with Crippen LogP contribution < -0.4 is 15.4 Å². The average Bonchev–Trinajstić information content (AvgIpc) is 3.21. The molecule has 39 heavy (non-hydrogen) atoms. The zero-order valence-corrected chi connectivity index (χ0v) is 21.4. The SMILES string of the molecule is CC(C)C[C@@H](C(=O)N1C[C@@]2(CC1C#N)Oc1cc(F)cc(F)c1NC2=O)N(C)C(=O)[C@H](C)NC(=O)C(F)(F)F. The zero-order chi connectivity index (χ0) is 29.4. The van der Waals surface area contributed by atoms with Gasteiger partial charge in [-0.25, -0.2) is 8.78 Å². The number of nitrogens with one attached hydrogen (secondary N) is 2. The number of halogens is 5. The predicted octanol–water partition coefficient (Wildman–Crippen LogP) is 2.10. The van der Waals surface area contributed by atoms with E-state index >= 15 is 0 Å². The minimum absolute atomic E-state index is 0.0228. The summed E-state index contributed by atoms with van der Waals surface area (Å²) in [6.45, 7) is 3.96. The number of anilines is 1. The second-order valence-corrected chi connectivity index (χ2v) is 9.91. The topological polar surface area (TPSA) is 132 Å². The molecule has 0 saturated carbocycles. The maximum absolute atomic E-state index is 14.2. The monoisotopic (exact) mass is 559 g/mol. The van der Waals surface area contributed by atoms with Crippen molar-refractivity contribution in [3.8, 4) is 11.8 Å². The third kappa shape index (κ3) is 5.89. The van der Waals surface area contributed by atoms with Gasteiger partial charge < -0.3 is 25.2 Å². The highest BCUT2D eigenvalue weighted by molar-refractivity contribution is 6.02. The number of likely N-dealkylation sites (N-methyl/N-ethyl adjacent to an activating group) is 1. The van der Waals surface area contributed by atoms with E-state index in [-0.39, 0.29) is 24.5 Å². The molecule has 15 heteroatoms. The highest BCUT2D eigenvalue weighted by Gasteiger charge is 2.56. The lowest BCUT2D eigenvalue weighted by Crippen LogP contribution is -2.57. The fourth-order valence-corrected chi connectivity index (χ4v) is 4.56. The van der Waals surface area contributed by atoms with Gasteiger partial charge in [-0.05, 0) is 19.3 Å². The van der Waals surface area contributed by atoms with Crippen LogP contribution in [0.1, 0.15) is 33.6 Å². The van der Waals surface area contributed by atoms with Gasteiger partial charge in [0, 0.05) is 25.6 Å². The summed E-state index contributed by atoms with van der Waals surface area (Å²) in [6.07, 6.45) is -5.56.